The van der Waals surface area contributed by atoms with Gasteiger partial charge in [0.15, 0.2) is 0 Å². The van der Waals surface area contributed by atoms with E-state index in [0.717, 1.165) is 5.56 Å². The van der Waals surface area contributed by atoms with Gasteiger partial charge in [-0.2, -0.15) is 0 Å². The maximum Gasteiger partial charge on any atom is 0.323 e. The first-order chi connectivity index (χ1) is 11.0. The Balaban J connectivity index is 2.68. The van der Waals surface area contributed by atoms with E-state index < -0.39 is 11.9 Å². The van der Waals surface area contributed by atoms with Gasteiger partial charge in [-0.15, -0.1) is 0 Å². The van der Waals surface area contributed by atoms with Crippen molar-refractivity contribution in [3.05, 3.63) is 35.4 Å². The topological polar surface area (TPSA) is 86.7 Å². The molecule has 0 aliphatic rings. The highest BCUT2D eigenvalue weighted by molar-refractivity contribution is 5.96. The fraction of sp³-hybridized carbons (Fsp3) is 0.500. The number of rotatable bonds is 6. The summed E-state index contributed by atoms with van der Waals surface area (Å²) in [5.74, 6) is -1.86. The Kier molecular flexibility index (Phi) is 6.51. The van der Waals surface area contributed by atoms with Crippen molar-refractivity contribution in [2.24, 2.45) is 0 Å². The van der Waals surface area contributed by atoms with Crippen LogP contribution in [0, 0.1) is 0 Å². The van der Waals surface area contributed by atoms with Gasteiger partial charge in [-0.25, -0.2) is 0 Å². The van der Waals surface area contributed by atoms with Crippen molar-refractivity contribution >= 4 is 17.8 Å². The lowest BCUT2D eigenvalue weighted by atomic mass is 9.87. The molecule has 0 saturated carbocycles. The number of hydrogen-bond donors (Lipinski definition) is 2. The average Bonchev–Trinajstić information content (AvgIpc) is 2.48. The molecule has 0 atom stereocenters. The van der Waals surface area contributed by atoms with E-state index in [1.165, 1.54) is 4.90 Å². The first-order valence-corrected chi connectivity index (χ1v) is 7.92. The van der Waals surface area contributed by atoms with E-state index in [-0.39, 0.29) is 30.5 Å². The van der Waals surface area contributed by atoms with Gasteiger partial charge < -0.3 is 15.3 Å². The lowest BCUT2D eigenvalue weighted by Gasteiger charge is -2.25. The van der Waals surface area contributed by atoms with Crippen LogP contribution in [0.1, 0.15) is 50.5 Å². The van der Waals surface area contributed by atoms with Gasteiger partial charge >= 0.3 is 5.97 Å². The maximum absolute atomic E-state index is 12.1. The van der Waals surface area contributed by atoms with Gasteiger partial charge in [-0.1, -0.05) is 32.9 Å². The summed E-state index contributed by atoms with van der Waals surface area (Å²) in [6.07, 6.45) is 0. The second-order valence-electron chi connectivity index (χ2n) is 7.02. The summed E-state index contributed by atoms with van der Waals surface area (Å²) in [7, 11) is 0. The van der Waals surface area contributed by atoms with Crippen LogP contribution in [0.25, 0.3) is 0 Å². The van der Waals surface area contributed by atoms with Gasteiger partial charge in [0, 0.05) is 11.6 Å². The molecule has 2 amide bonds. The zero-order valence-corrected chi connectivity index (χ0v) is 14.9. The molecule has 0 fully saturated rings. The van der Waals surface area contributed by atoms with Crippen molar-refractivity contribution in [3.63, 3.8) is 0 Å². The third-order valence-corrected chi connectivity index (χ3v) is 3.66. The number of nitrogens with one attached hydrogen (secondary N) is 1. The minimum absolute atomic E-state index is 0.000427. The molecule has 0 aromatic heterocycles. The Hall–Kier alpha value is -2.37. The summed E-state index contributed by atoms with van der Waals surface area (Å²) in [6, 6.07) is 6.97. The van der Waals surface area contributed by atoms with Crippen LogP contribution in [-0.2, 0) is 15.0 Å². The fourth-order valence-corrected chi connectivity index (χ4v) is 2.19. The smallest absolute Gasteiger partial charge is 0.323 e. The van der Waals surface area contributed by atoms with E-state index in [9.17, 15) is 14.4 Å². The van der Waals surface area contributed by atoms with E-state index in [0.29, 0.717) is 5.56 Å². The third-order valence-electron chi connectivity index (χ3n) is 3.66. The summed E-state index contributed by atoms with van der Waals surface area (Å²) in [5.41, 5.74) is 1.58. The zero-order valence-electron chi connectivity index (χ0n) is 14.9. The first kappa shape index (κ1) is 19.7. The van der Waals surface area contributed by atoms with E-state index in [1.807, 2.05) is 12.1 Å². The Morgan fingerprint density at radius 3 is 2.08 bits per heavy atom. The normalized spacial score (nSPS) is 11.2. The molecule has 132 valence electrons. The number of amides is 2. The molecule has 2 N–H and O–H groups in total. The van der Waals surface area contributed by atoms with E-state index >= 15 is 0 Å². The highest BCUT2D eigenvalue weighted by atomic mass is 16.4. The number of aliphatic carboxylic acids is 1. The minimum Gasteiger partial charge on any atom is -0.480 e. The fourth-order valence-electron chi connectivity index (χ4n) is 2.19. The van der Waals surface area contributed by atoms with Gasteiger partial charge in [-0.3, -0.25) is 14.4 Å². The standard InChI is InChI=1S/C18H26N2O4/c1-12(2)20(11-16(22)23)15(21)10-19-17(24)13-6-8-14(9-7-13)18(3,4)5/h6-9,12H,10-11H2,1-5H3,(H,19,24)(H,22,23). The molecule has 0 aliphatic heterocycles. The molecule has 6 nitrogen and oxygen atoms in total. The van der Waals surface area contributed by atoms with Crippen LogP contribution in [0.5, 0.6) is 0 Å². The Morgan fingerprint density at radius 2 is 1.67 bits per heavy atom. The maximum atomic E-state index is 12.1. The summed E-state index contributed by atoms with van der Waals surface area (Å²) in [5, 5.41) is 11.4. The molecule has 0 heterocycles. The van der Waals surface area contributed by atoms with Crippen LogP contribution in [-0.4, -0.2) is 46.9 Å². The average molecular weight is 334 g/mol. The third kappa shape index (κ3) is 5.68. The molecule has 1 aromatic rings. The summed E-state index contributed by atoms with van der Waals surface area (Å²) in [6.45, 7) is 9.11. The lowest BCUT2D eigenvalue weighted by Crippen LogP contribution is -2.45. The van der Waals surface area contributed by atoms with Crippen molar-refractivity contribution in [1.29, 1.82) is 0 Å². The number of carboxylic acids is 1. The van der Waals surface area contributed by atoms with E-state index in [4.69, 9.17) is 5.11 Å². The van der Waals surface area contributed by atoms with Crippen molar-refractivity contribution in [3.8, 4) is 0 Å². The molecule has 0 aliphatic carbocycles. The number of carbonyl (C=O) groups is 3. The van der Waals surface area contributed by atoms with Crippen molar-refractivity contribution in [2.75, 3.05) is 13.1 Å². The van der Waals surface area contributed by atoms with Gasteiger partial charge in [-0.05, 0) is 37.0 Å². The Bertz CT molecular complexity index is 600. The number of nitrogens with zero attached hydrogens (tertiary/aromatic N) is 1. The molecule has 0 spiro atoms. The SMILES string of the molecule is CC(C)N(CC(=O)O)C(=O)CNC(=O)c1ccc(C(C)(C)C)cc1. The first-order valence-electron chi connectivity index (χ1n) is 7.92. The van der Waals surface area contributed by atoms with Crippen LogP contribution in [0.15, 0.2) is 24.3 Å². The van der Waals surface area contributed by atoms with Gasteiger partial charge in [0.2, 0.25) is 5.91 Å². The number of benzene rings is 1. The molecule has 0 saturated heterocycles. The summed E-state index contributed by atoms with van der Waals surface area (Å²) in [4.78, 5) is 36.2. The van der Waals surface area contributed by atoms with E-state index in [1.54, 1.807) is 26.0 Å². The predicted molar refractivity (Wildman–Crippen MR) is 92.0 cm³/mol. The monoisotopic (exact) mass is 334 g/mol. The molecule has 1 rings (SSSR count). The van der Waals surface area contributed by atoms with Crippen LogP contribution in [0.4, 0.5) is 0 Å². The molecule has 1 aromatic carbocycles. The van der Waals surface area contributed by atoms with Crippen LogP contribution in [0.2, 0.25) is 0 Å². The lowest BCUT2D eigenvalue weighted by molar-refractivity contribution is -0.145. The zero-order chi connectivity index (χ0) is 18.5. The van der Waals surface area contributed by atoms with Gasteiger partial charge in [0.25, 0.3) is 5.91 Å². The van der Waals surface area contributed by atoms with Crippen molar-refractivity contribution < 1.29 is 19.5 Å². The quantitative estimate of drug-likeness (QED) is 0.833. The van der Waals surface area contributed by atoms with Crippen LogP contribution < -0.4 is 5.32 Å². The second-order valence-corrected chi connectivity index (χ2v) is 7.02. The molecule has 0 radical (unpaired) electrons. The highest BCUT2D eigenvalue weighted by Gasteiger charge is 2.20. The number of carboxylic acid groups (broad SMARTS) is 1. The highest BCUT2D eigenvalue weighted by Crippen LogP contribution is 2.22. The van der Waals surface area contributed by atoms with Crippen LogP contribution >= 0.6 is 0 Å². The molecule has 0 bridgehead atoms. The largest absolute Gasteiger partial charge is 0.480 e. The van der Waals surface area contributed by atoms with Crippen molar-refractivity contribution in [1.82, 2.24) is 10.2 Å². The molecule has 24 heavy (non-hydrogen) atoms. The summed E-state index contributed by atoms with van der Waals surface area (Å²) >= 11 is 0. The second kappa shape index (κ2) is 7.95. The number of carbonyl (C=O) groups excluding carboxylic acids is 2. The minimum atomic E-state index is -1.08. The van der Waals surface area contributed by atoms with Crippen LogP contribution in [0.3, 0.4) is 0 Å². The molecule has 6 heteroatoms. The summed E-state index contributed by atoms with van der Waals surface area (Å²) < 4.78 is 0. The van der Waals surface area contributed by atoms with Gasteiger partial charge in [0.05, 0.1) is 6.54 Å². The van der Waals surface area contributed by atoms with E-state index in [2.05, 4.69) is 26.1 Å². The molecule has 0 unspecified atom stereocenters. The Morgan fingerprint density at radius 1 is 1.12 bits per heavy atom. The molecular weight excluding hydrogens is 308 g/mol. The molecular formula is C18H26N2O4. The Labute approximate surface area is 142 Å². The predicted octanol–water partition coefficient (Wildman–Crippen LogP) is 2.04. The van der Waals surface area contributed by atoms with Crippen molar-refractivity contribution in [2.45, 2.75) is 46.1 Å². The van der Waals surface area contributed by atoms with Gasteiger partial charge in [0.1, 0.15) is 6.54 Å². The number of hydrogen-bond acceptors (Lipinski definition) is 3.